The van der Waals surface area contributed by atoms with Gasteiger partial charge in [-0.05, 0) is 18.6 Å². The first-order chi connectivity index (χ1) is 11.2. The third-order valence-corrected chi connectivity index (χ3v) is 5.04. The Hall–Kier alpha value is -2.15. The van der Waals surface area contributed by atoms with Crippen molar-refractivity contribution in [3.8, 4) is 0 Å². The number of carbonyl (C=O) groups excluding carboxylic acids is 2. The van der Waals surface area contributed by atoms with Gasteiger partial charge in [0.1, 0.15) is 0 Å². The summed E-state index contributed by atoms with van der Waals surface area (Å²) in [5.74, 6) is 0.104. The van der Waals surface area contributed by atoms with Gasteiger partial charge in [-0.3, -0.25) is 14.6 Å². The van der Waals surface area contributed by atoms with Crippen LogP contribution in [-0.2, 0) is 14.3 Å². The lowest BCUT2D eigenvalue weighted by molar-refractivity contribution is -0.181. The molecule has 3 aliphatic heterocycles. The van der Waals surface area contributed by atoms with E-state index in [1.54, 1.807) is 12.4 Å². The second-order valence-electron chi connectivity index (χ2n) is 6.24. The fourth-order valence-corrected chi connectivity index (χ4v) is 3.99. The predicted octanol–water partition coefficient (Wildman–Crippen LogP) is 0.443. The Morgan fingerprint density at radius 3 is 3.22 bits per heavy atom. The van der Waals surface area contributed by atoms with Crippen LogP contribution in [0.2, 0.25) is 0 Å². The highest BCUT2D eigenvalue weighted by atomic mass is 16.5. The molecule has 122 valence electrons. The zero-order chi connectivity index (χ0) is 15.9. The minimum Gasteiger partial charge on any atom is -0.375 e. The van der Waals surface area contributed by atoms with E-state index < -0.39 is 5.72 Å². The summed E-state index contributed by atoms with van der Waals surface area (Å²) in [6.07, 6.45) is 5.33. The molecular weight excluding hydrogens is 296 g/mol. The van der Waals surface area contributed by atoms with Gasteiger partial charge in [0, 0.05) is 31.9 Å². The Kier molecular flexibility index (Phi) is 3.45. The lowest BCUT2D eigenvalue weighted by Gasteiger charge is -2.42. The number of rotatable bonds is 3. The van der Waals surface area contributed by atoms with Crippen molar-refractivity contribution in [2.75, 3.05) is 31.6 Å². The first-order valence-electron chi connectivity index (χ1n) is 8.08. The van der Waals surface area contributed by atoms with Crippen molar-refractivity contribution in [3.05, 3.63) is 24.5 Å². The third kappa shape index (κ3) is 2.26. The van der Waals surface area contributed by atoms with E-state index >= 15 is 0 Å². The maximum Gasteiger partial charge on any atom is 0.242 e. The smallest absolute Gasteiger partial charge is 0.242 e. The van der Waals surface area contributed by atoms with E-state index in [1.165, 1.54) is 0 Å². The van der Waals surface area contributed by atoms with Crippen LogP contribution in [0.25, 0.3) is 0 Å². The average Bonchev–Trinajstić information content (AvgIpc) is 3.06. The number of carbonyl (C=O) groups is 2. The van der Waals surface area contributed by atoms with Crippen molar-refractivity contribution < 1.29 is 14.3 Å². The molecule has 2 atom stereocenters. The molecule has 1 aromatic rings. The number of nitrogens with zero attached hydrogens (tertiary/aromatic N) is 3. The molecule has 0 radical (unpaired) electrons. The lowest BCUT2D eigenvalue weighted by Crippen LogP contribution is -2.56. The van der Waals surface area contributed by atoms with Crippen molar-refractivity contribution in [2.24, 2.45) is 0 Å². The highest BCUT2D eigenvalue weighted by Gasteiger charge is 2.61. The van der Waals surface area contributed by atoms with Gasteiger partial charge in [-0.1, -0.05) is 0 Å². The van der Waals surface area contributed by atoms with Crippen molar-refractivity contribution in [1.82, 2.24) is 14.8 Å². The van der Waals surface area contributed by atoms with Crippen molar-refractivity contribution >= 4 is 17.5 Å². The molecule has 7 heteroatoms. The molecule has 4 heterocycles. The zero-order valence-electron chi connectivity index (χ0n) is 12.9. The lowest BCUT2D eigenvalue weighted by atomic mass is 10.0. The van der Waals surface area contributed by atoms with E-state index in [4.69, 9.17) is 4.74 Å². The number of hydrogen-bond donors (Lipinski definition) is 1. The van der Waals surface area contributed by atoms with Gasteiger partial charge in [0.15, 0.2) is 5.72 Å². The number of likely N-dealkylation sites (tertiary alicyclic amines) is 1. The van der Waals surface area contributed by atoms with E-state index in [0.717, 1.165) is 18.7 Å². The largest absolute Gasteiger partial charge is 0.375 e. The fraction of sp³-hybridized carbons (Fsp3) is 0.562. The normalized spacial score (nSPS) is 29.4. The van der Waals surface area contributed by atoms with Gasteiger partial charge in [0.2, 0.25) is 11.8 Å². The first-order valence-corrected chi connectivity index (χ1v) is 8.08. The zero-order valence-corrected chi connectivity index (χ0v) is 12.9. The first kappa shape index (κ1) is 14.4. The molecule has 0 bridgehead atoms. The second kappa shape index (κ2) is 5.49. The standard InChI is InChI=1S/C16H20N4O3/c21-14-9-13-16(20(14)6-2-8-23-16)4-7-19(13)15(22)11-18-12-3-1-5-17-10-12/h1,3,5,10,13,18H,2,4,6-9,11H2/t13-,16+/m1/s1. The number of amides is 2. The molecular formula is C16H20N4O3. The third-order valence-electron chi connectivity index (χ3n) is 5.04. The van der Waals surface area contributed by atoms with Gasteiger partial charge in [0.05, 0.1) is 31.3 Å². The van der Waals surface area contributed by atoms with Crippen molar-refractivity contribution in [3.63, 3.8) is 0 Å². The van der Waals surface area contributed by atoms with Gasteiger partial charge in [-0.25, -0.2) is 0 Å². The molecule has 2 amide bonds. The molecule has 0 unspecified atom stereocenters. The molecule has 1 aromatic heterocycles. The topological polar surface area (TPSA) is 74.8 Å². The quantitative estimate of drug-likeness (QED) is 0.876. The molecule has 1 N–H and O–H groups in total. The van der Waals surface area contributed by atoms with Crippen LogP contribution >= 0.6 is 0 Å². The van der Waals surface area contributed by atoms with Crippen LogP contribution in [0, 0.1) is 0 Å². The van der Waals surface area contributed by atoms with E-state index in [9.17, 15) is 9.59 Å². The molecule has 23 heavy (non-hydrogen) atoms. The molecule has 0 saturated carbocycles. The summed E-state index contributed by atoms with van der Waals surface area (Å²) >= 11 is 0. The summed E-state index contributed by atoms with van der Waals surface area (Å²) < 4.78 is 6.01. The molecule has 0 aromatic carbocycles. The van der Waals surface area contributed by atoms with Crippen molar-refractivity contribution in [1.29, 1.82) is 0 Å². The molecule has 1 spiro atoms. The molecule has 4 rings (SSSR count). The van der Waals surface area contributed by atoms with E-state index in [1.807, 2.05) is 21.9 Å². The van der Waals surface area contributed by atoms with Gasteiger partial charge in [0.25, 0.3) is 0 Å². The van der Waals surface area contributed by atoms with Crippen LogP contribution in [0.15, 0.2) is 24.5 Å². The fourth-order valence-electron chi connectivity index (χ4n) is 3.99. The number of pyridine rings is 1. The highest BCUT2D eigenvalue weighted by molar-refractivity contribution is 5.86. The minimum absolute atomic E-state index is 0.000415. The monoisotopic (exact) mass is 316 g/mol. The SMILES string of the molecule is O=C(CNc1cccnc1)N1CC[C@@]23OCCCN2C(=O)C[C@@H]13. The van der Waals surface area contributed by atoms with Crippen LogP contribution in [0.3, 0.4) is 0 Å². The van der Waals surface area contributed by atoms with Crippen LogP contribution in [0.1, 0.15) is 19.3 Å². The Labute approximate surface area is 134 Å². The Morgan fingerprint density at radius 2 is 2.39 bits per heavy atom. The Morgan fingerprint density at radius 1 is 1.48 bits per heavy atom. The molecule has 3 aliphatic rings. The molecule has 3 fully saturated rings. The van der Waals surface area contributed by atoms with Gasteiger partial charge < -0.3 is 19.9 Å². The van der Waals surface area contributed by atoms with E-state index in [0.29, 0.717) is 26.0 Å². The maximum absolute atomic E-state index is 12.6. The Bertz CT molecular complexity index is 623. The number of ether oxygens (including phenoxy) is 1. The summed E-state index contributed by atoms with van der Waals surface area (Å²) in [5, 5.41) is 3.09. The van der Waals surface area contributed by atoms with Gasteiger partial charge in [-0.2, -0.15) is 0 Å². The van der Waals surface area contributed by atoms with Crippen LogP contribution < -0.4 is 5.32 Å². The van der Waals surface area contributed by atoms with Crippen LogP contribution in [-0.4, -0.2) is 64.6 Å². The number of nitrogens with one attached hydrogen (secondary N) is 1. The highest BCUT2D eigenvalue weighted by Crippen LogP contribution is 2.44. The predicted molar refractivity (Wildman–Crippen MR) is 82.5 cm³/mol. The molecule has 0 aliphatic carbocycles. The van der Waals surface area contributed by atoms with E-state index in [-0.39, 0.29) is 24.4 Å². The molecule has 7 nitrogen and oxygen atoms in total. The number of anilines is 1. The average molecular weight is 316 g/mol. The maximum atomic E-state index is 12.6. The minimum atomic E-state index is -0.570. The summed E-state index contributed by atoms with van der Waals surface area (Å²) in [5.41, 5.74) is 0.243. The van der Waals surface area contributed by atoms with Gasteiger partial charge in [-0.15, -0.1) is 0 Å². The Balaban J connectivity index is 1.46. The number of aromatic nitrogens is 1. The van der Waals surface area contributed by atoms with Crippen LogP contribution in [0.5, 0.6) is 0 Å². The van der Waals surface area contributed by atoms with Crippen molar-refractivity contribution in [2.45, 2.75) is 31.0 Å². The summed E-state index contributed by atoms with van der Waals surface area (Å²) in [4.78, 5) is 32.5. The molecule has 3 saturated heterocycles. The second-order valence-corrected chi connectivity index (χ2v) is 6.24. The van der Waals surface area contributed by atoms with E-state index in [2.05, 4.69) is 10.3 Å². The summed E-state index contributed by atoms with van der Waals surface area (Å²) in [6.45, 7) is 2.25. The van der Waals surface area contributed by atoms with Gasteiger partial charge >= 0.3 is 0 Å². The number of hydrogen-bond acceptors (Lipinski definition) is 5. The van der Waals surface area contributed by atoms with Crippen LogP contribution in [0.4, 0.5) is 5.69 Å². The summed E-state index contributed by atoms with van der Waals surface area (Å²) in [6, 6.07) is 3.54. The summed E-state index contributed by atoms with van der Waals surface area (Å²) in [7, 11) is 0.